The van der Waals surface area contributed by atoms with E-state index >= 15 is 0 Å². The fourth-order valence-corrected chi connectivity index (χ4v) is 4.68. The van der Waals surface area contributed by atoms with Gasteiger partial charge in [-0.25, -0.2) is 4.98 Å². The van der Waals surface area contributed by atoms with Gasteiger partial charge in [0.25, 0.3) is 0 Å². The molecule has 5 aromatic rings. The zero-order chi connectivity index (χ0) is 24.9. The van der Waals surface area contributed by atoms with Crippen molar-refractivity contribution < 1.29 is 4.79 Å². The van der Waals surface area contributed by atoms with Crippen LogP contribution in [0.3, 0.4) is 0 Å². The standard InChI is InChI=1S/C27H27N7O/c1-7-22(35)31-25-15(2)8-9-20(17(25)4)24-23-16(3)21(18-10-29-33(5)13-18)12-28-27(23)32-26(24)19-11-30-34(6)14-19/h7-14H,1H2,2-6H3,(H,28,32)(H,31,35). The number of amides is 1. The average molecular weight is 466 g/mol. The minimum atomic E-state index is -0.239. The normalized spacial score (nSPS) is 11.2. The molecule has 0 bridgehead atoms. The Morgan fingerprint density at radius 2 is 1.66 bits per heavy atom. The highest BCUT2D eigenvalue weighted by Crippen LogP contribution is 2.44. The number of H-pyrrole nitrogens is 1. The monoisotopic (exact) mass is 465 g/mol. The number of hydrogen-bond acceptors (Lipinski definition) is 4. The summed E-state index contributed by atoms with van der Waals surface area (Å²) in [6.07, 6.45) is 10.8. The number of aromatic amines is 1. The van der Waals surface area contributed by atoms with Crippen LogP contribution in [0.25, 0.3) is 44.5 Å². The molecule has 1 aromatic carbocycles. The van der Waals surface area contributed by atoms with Crippen molar-refractivity contribution in [2.75, 3.05) is 5.32 Å². The highest BCUT2D eigenvalue weighted by molar-refractivity contribution is 6.08. The van der Waals surface area contributed by atoms with Crippen LogP contribution in [0.15, 0.2) is 55.8 Å². The fraction of sp³-hybridized carbons (Fsp3) is 0.185. The number of pyridine rings is 1. The average Bonchev–Trinajstić information content (AvgIpc) is 3.55. The van der Waals surface area contributed by atoms with E-state index in [4.69, 9.17) is 4.98 Å². The van der Waals surface area contributed by atoms with Gasteiger partial charge in [0, 0.05) is 66.0 Å². The second-order valence-electron chi connectivity index (χ2n) is 8.82. The number of carbonyl (C=O) groups is 1. The zero-order valence-electron chi connectivity index (χ0n) is 20.5. The number of hydrogen-bond donors (Lipinski definition) is 2. The number of benzene rings is 1. The summed E-state index contributed by atoms with van der Waals surface area (Å²) in [5.74, 6) is -0.239. The minimum absolute atomic E-state index is 0.239. The van der Waals surface area contributed by atoms with Gasteiger partial charge in [-0.1, -0.05) is 18.7 Å². The minimum Gasteiger partial charge on any atom is -0.339 e. The molecule has 8 heteroatoms. The quantitative estimate of drug-likeness (QED) is 0.354. The molecule has 2 N–H and O–H groups in total. The summed E-state index contributed by atoms with van der Waals surface area (Å²) in [6.45, 7) is 9.72. The van der Waals surface area contributed by atoms with Crippen LogP contribution in [0.5, 0.6) is 0 Å². The summed E-state index contributed by atoms with van der Waals surface area (Å²) < 4.78 is 3.57. The lowest BCUT2D eigenvalue weighted by atomic mass is 9.91. The van der Waals surface area contributed by atoms with Gasteiger partial charge in [-0.15, -0.1) is 0 Å². The molecule has 0 aliphatic heterocycles. The van der Waals surface area contributed by atoms with E-state index in [-0.39, 0.29) is 5.91 Å². The second kappa shape index (κ2) is 8.39. The summed E-state index contributed by atoms with van der Waals surface area (Å²) in [6, 6.07) is 4.13. The summed E-state index contributed by atoms with van der Waals surface area (Å²) in [4.78, 5) is 20.5. The number of aryl methyl sites for hydroxylation is 4. The van der Waals surface area contributed by atoms with Crippen LogP contribution < -0.4 is 5.32 Å². The van der Waals surface area contributed by atoms with Gasteiger partial charge in [0.2, 0.25) is 5.91 Å². The van der Waals surface area contributed by atoms with Gasteiger partial charge < -0.3 is 10.3 Å². The lowest BCUT2D eigenvalue weighted by Crippen LogP contribution is -2.10. The maximum absolute atomic E-state index is 12.2. The van der Waals surface area contributed by atoms with Crippen LogP contribution in [-0.4, -0.2) is 35.4 Å². The molecule has 0 saturated carbocycles. The van der Waals surface area contributed by atoms with Crippen LogP contribution in [0, 0.1) is 20.8 Å². The Morgan fingerprint density at radius 1 is 0.971 bits per heavy atom. The molecule has 0 radical (unpaired) electrons. The van der Waals surface area contributed by atoms with Gasteiger partial charge in [-0.2, -0.15) is 10.2 Å². The van der Waals surface area contributed by atoms with Crippen molar-refractivity contribution >= 4 is 22.6 Å². The summed E-state index contributed by atoms with van der Waals surface area (Å²) in [5.41, 5.74) is 10.6. The van der Waals surface area contributed by atoms with Crippen molar-refractivity contribution in [1.29, 1.82) is 0 Å². The molecule has 0 unspecified atom stereocenters. The van der Waals surface area contributed by atoms with Crippen LogP contribution >= 0.6 is 0 Å². The predicted octanol–water partition coefficient (Wildman–Crippen LogP) is 5.08. The van der Waals surface area contributed by atoms with Gasteiger partial charge in [0.05, 0.1) is 18.1 Å². The van der Waals surface area contributed by atoms with Crippen molar-refractivity contribution in [3.05, 3.63) is 72.5 Å². The molecule has 4 aromatic heterocycles. The molecule has 1 amide bonds. The third-order valence-electron chi connectivity index (χ3n) is 6.47. The Morgan fingerprint density at radius 3 is 2.29 bits per heavy atom. The van der Waals surface area contributed by atoms with Gasteiger partial charge in [-0.3, -0.25) is 14.2 Å². The van der Waals surface area contributed by atoms with Crippen LogP contribution in [-0.2, 0) is 18.9 Å². The molecule has 0 spiro atoms. The SMILES string of the molecule is C=CC(=O)Nc1c(C)ccc(-c2c(-c3cnn(C)c3)[nH]c3ncc(-c4cnn(C)c4)c(C)c23)c1C. The number of nitrogens with zero attached hydrogens (tertiary/aromatic N) is 5. The molecule has 8 nitrogen and oxygen atoms in total. The number of aromatic nitrogens is 6. The third-order valence-corrected chi connectivity index (χ3v) is 6.47. The van der Waals surface area contributed by atoms with Crippen LogP contribution in [0.4, 0.5) is 5.69 Å². The first-order valence-corrected chi connectivity index (χ1v) is 11.3. The second-order valence-corrected chi connectivity index (χ2v) is 8.82. The molecule has 35 heavy (non-hydrogen) atoms. The largest absolute Gasteiger partial charge is 0.339 e. The highest BCUT2D eigenvalue weighted by Gasteiger charge is 2.23. The molecular weight excluding hydrogens is 438 g/mol. The lowest BCUT2D eigenvalue weighted by Gasteiger charge is -2.16. The fourth-order valence-electron chi connectivity index (χ4n) is 4.68. The number of anilines is 1. The molecule has 5 rings (SSSR count). The summed E-state index contributed by atoms with van der Waals surface area (Å²) in [5, 5.41) is 12.7. The van der Waals surface area contributed by atoms with Gasteiger partial charge in [-0.05, 0) is 49.1 Å². The zero-order valence-corrected chi connectivity index (χ0v) is 20.5. The van der Waals surface area contributed by atoms with E-state index in [1.807, 2.05) is 65.0 Å². The summed E-state index contributed by atoms with van der Waals surface area (Å²) >= 11 is 0. The molecule has 0 saturated heterocycles. The topological polar surface area (TPSA) is 93.4 Å². The van der Waals surface area contributed by atoms with E-state index < -0.39 is 0 Å². The summed E-state index contributed by atoms with van der Waals surface area (Å²) in [7, 11) is 3.80. The highest BCUT2D eigenvalue weighted by atomic mass is 16.1. The number of rotatable bonds is 5. The first-order chi connectivity index (χ1) is 16.8. The number of carbonyl (C=O) groups excluding carboxylic acids is 1. The Kier molecular flexibility index (Phi) is 5.36. The van der Waals surface area contributed by atoms with E-state index in [0.29, 0.717) is 0 Å². The Bertz CT molecular complexity index is 1620. The van der Waals surface area contributed by atoms with Crippen molar-refractivity contribution in [3.8, 4) is 33.5 Å². The van der Waals surface area contributed by atoms with E-state index in [0.717, 1.165) is 66.9 Å². The van der Waals surface area contributed by atoms with E-state index in [1.165, 1.54) is 6.08 Å². The Hall–Kier alpha value is -4.46. The Labute approximate surface area is 203 Å². The number of nitrogens with one attached hydrogen (secondary N) is 2. The van der Waals surface area contributed by atoms with E-state index in [1.54, 1.807) is 9.36 Å². The van der Waals surface area contributed by atoms with Gasteiger partial charge in [0.1, 0.15) is 5.65 Å². The molecule has 0 atom stereocenters. The first kappa shape index (κ1) is 22.3. The van der Waals surface area contributed by atoms with Gasteiger partial charge >= 0.3 is 0 Å². The van der Waals surface area contributed by atoms with E-state index in [2.05, 4.69) is 40.1 Å². The molecular formula is C27H27N7O. The first-order valence-electron chi connectivity index (χ1n) is 11.3. The molecule has 0 aliphatic rings. The van der Waals surface area contributed by atoms with Gasteiger partial charge in [0.15, 0.2) is 0 Å². The van der Waals surface area contributed by atoms with E-state index in [9.17, 15) is 4.79 Å². The van der Waals surface area contributed by atoms with Crippen molar-refractivity contribution in [3.63, 3.8) is 0 Å². The van der Waals surface area contributed by atoms with Crippen LogP contribution in [0.1, 0.15) is 16.7 Å². The lowest BCUT2D eigenvalue weighted by molar-refractivity contribution is -0.111. The van der Waals surface area contributed by atoms with Crippen LogP contribution in [0.2, 0.25) is 0 Å². The maximum atomic E-state index is 12.2. The molecule has 4 heterocycles. The Balaban J connectivity index is 1.84. The smallest absolute Gasteiger partial charge is 0.247 e. The maximum Gasteiger partial charge on any atom is 0.247 e. The number of fused-ring (bicyclic) bond motifs is 1. The molecule has 0 fully saturated rings. The van der Waals surface area contributed by atoms with Crippen molar-refractivity contribution in [2.24, 2.45) is 14.1 Å². The molecule has 0 aliphatic carbocycles. The predicted molar refractivity (Wildman–Crippen MR) is 139 cm³/mol. The molecule has 176 valence electrons. The van der Waals surface area contributed by atoms with Crippen molar-refractivity contribution in [1.82, 2.24) is 29.5 Å². The van der Waals surface area contributed by atoms with Crippen molar-refractivity contribution in [2.45, 2.75) is 20.8 Å². The third kappa shape index (κ3) is 3.73.